The number of likely N-dealkylation sites (N-methyl/N-ethyl adjacent to an activating group) is 1. The molecule has 1 heterocycles. The number of amides is 1. The van der Waals surface area contributed by atoms with Gasteiger partial charge in [-0.1, -0.05) is 0 Å². The van der Waals surface area contributed by atoms with Gasteiger partial charge in [-0.3, -0.25) is 4.79 Å². The molecular formula is C14H22N2O3. The van der Waals surface area contributed by atoms with E-state index in [1.54, 1.807) is 18.0 Å². The van der Waals surface area contributed by atoms with Crippen LogP contribution in [0.5, 0.6) is 0 Å². The van der Waals surface area contributed by atoms with Crippen LogP contribution in [0.15, 0.2) is 6.20 Å². The SMILES string of the molecule is CCN(CC)C(=O)Cc1c(C(=O)O)c(C)cn1CC. The second-order valence-electron chi connectivity index (χ2n) is 4.47. The lowest BCUT2D eigenvalue weighted by Gasteiger charge is -2.19. The first-order valence-corrected chi connectivity index (χ1v) is 6.65. The molecule has 5 nitrogen and oxygen atoms in total. The average Bonchev–Trinajstić information content (AvgIpc) is 2.67. The van der Waals surface area contributed by atoms with Crippen LogP contribution in [-0.4, -0.2) is 39.5 Å². The summed E-state index contributed by atoms with van der Waals surface area (Å²) in [6.45, 7) is 9.49. The van der Waals surface area contributed by atoms with Crippen molar-refractivity contribution in [2.45, 2.75) is 40.7 Å². The van der Waals surface area contributed by atoms with E-state index in [0.29, 0.717) is 30.9 Å². The summed E-state index contributed by atoms with van der Waals surface area (Å²) in [7, 11) is 0. The summed E-state index contributed by atoms with van der Waals surface area (Å²) in [6.07, 6.45) is 1.94. The molecule has 0 aliphatic heterocycles. The normalized spacial score (nSPS) is 10.5. The van der Waals surface area contributed by atoms with E-state index in [2.05, 4.69) is 0 Å². The van der Waals surface area contributed by atoms with E-state index in [0.717, 1.165) is 0 Å². The van der Waals surface area contributed by atoms with Crippen LogP contribution in [0.25, 0.3) is 0 Å². The highest BCUT2D eigenvalue weighted by atomic mass is 16.4. The van der Waals surface area contributed by atoms with Gasteiger partial charge in [0, 0.05) is 31.5 Å². The van der Waals surface area contributed by atoms with Gasteiger partial charge in [0.05, 0.1) is 12.0 Å². The zero-order valence-electron chi connectivity index (χ0n) is 12.1. The smallest absolute Gasteiger partial charge is 0.337 e. The number of carboxylic acid groups (broad SMARTS) is 1. The Hall–Kier alpha value is -1.78. The van der Waals surface area contributed by atoms with Crippen LogP contribution in [0.1, 0.15) is 42.4 Å². The maximum Gasteiger partial charge on any atom is 0.337 e. The Kier molecular flexibility index (Phi) is 5.15. The molecule has 106 valence electrons. The minimum atomic E-state index is -0.966. The minimum absolute atomic E-state index is 0.0275. The molecule has 0 atom stereocenters. The molecule has 0 aliphatic rings. The molecule has 0 fully saturated rings. The maximum absolute atomic E-state index is 12.1. The highest BCUT2D eigenvalue weighted by Gasteiger charge is 2.22. The Balaban J connectivity index is 3.12. The lowest BCUT2D eigenvalue weighted by Crippen LogP contribution is -2.32. The minimum Gasteiger partial charge on any atom is -0.478 e. The van der Waals surface area contributed by atoms with Crippen LogP contribution in [0.2, 0.25) is 0 Å². The monoisotopic (exact) mass is 266 g/mol. The number of carbonyl (C=O) groups is 2. The Bertz CT molecular complexity index is 473. The summed E-state index contributed by atoms with van der Waals surface area (Å²) in [4.78, 5) is 25.2. The average molecular weight is 266 g/mol. The summed E-state index contributed by atoms with van der Waals surface area (Å²) in [5.41, 5.74) is 1.57. The molecule has 19 heavy (non-hydrogen) atoms. The van der Waals surface area contributed by atoms with Gasteiger partial charge in [-0.2, -0.15) is 0 Å². The Labute approximate surface area is 113 Å². The number of aryl methyl sites for hydroxylation is 2. The van der Waals surface area contributed by atoms with Crippen molar-refractivity contribution in [3.05, 3.63) is 23.0 Å². The Morgan fingerprint density at radius 3 is 2.26 bits per heavy atom. The highest BCUT2D eigenvalue weighted by molar-refractivity contribution is 5.93. The number of carboxylic acids is 1. The Morgan fingerprint density at radius 2 is 1.84 bits per heavy atom. The van der Waals surface area contributed by atoms with Crippen molar-refractivity contribution in [1.82, 2.24) is 9.47 Å². The van der Waals surface area contributed by atoms with E-state index in [1.165, 1.54) is 0 Å². The third kappa shape index (κ3) is 3.16. The molecule has 0 unspecified atom stereocenters. The zero-order chi connectivity index (χ0) is 14.6. The van der Waals surface area contributed by atoms with E-state index >= 15 is 0 Å². The first-order chi connectivity index (χ1) is 8.96. The molecule has 1 aromatic heterocycles. The summed E-state index contributed by atoms with van der Waals surface area (Å²) in [5, 5.41) is 9.28. The summed E-state index contributed by atoms with van der Waals surface area (Å²) in [5.74, 6) is -0.993. The Morgan fingerprint density at radius 1 is 1.26 bits per heavy atom. The fourth-order valence-corrected chi connectivity index (χ4v) is 2.34. The van der Waals surface area contributed by atoms with E-state index in [1.807, 2.05) is 25.3 Å². The van der Waals surface area contributed by atoms with E-state index in [9.17, 15) is 14.7 Å². The summed E-state index contributed by atoms with van der Waals surface area (Å²) < 4.78 is 1.85. The fraction of sp³-hybridized carbons (Fsp3) is 0.571. The number of hydrogen-bond donors (Lipinski definition) is 1. The molecule has 1 rings (SSSR count). The first kappa shape index (κ1) is 15.3. The lowest BCUT2D eigenvalue weighted by atomic mass is 10.1. The molecule has 0 aliphatic carbocycles. The van der Waals surface area contributed by atoms with Crippen molar-refractivity contribution < 1.29 is 14.7 Å². The largest absolute Gasteiger partial charge is 0.478 e. The fourth-order valence-electron chi connectivity index (χ4n) is 2.34. The third-order valence-electron chi connectivity index (χ3n) is 3.37. The number of hydrogen-bond acceptors (Lipinski definition) is 2. The van der Waals surface area contributed by atoms with Gasteiger partial charge >= 0.3 is 5.97 Å². The number of carbonyl (C=O) groups excluding carboxylic acids is 1. The van der Waals surface area contributed by atoms with Gasteiger partial charge in [0.15, 0.2) is 0 Å². The van der Waals surface area contributed by atoms with Gasteiger partial charge in [-0.25, -0.2) is 4.79 Å². The number of rotatable bonds is 6. The molecule has 1 N–H and O–H groups in total. The van der Waals surface area contributed by atoms with E-state index < -0.39 is 5.97 Å². The first-order valence-electron chi connectivity index (χ1n) is 6.65. The van der Waals surface area contributed by atoms with E-state index in [-0.39, 0.29) is 17.9 Å². The van der Waals surface area contributed by atoms with Crippen LogP contribution >= 0.6 is 0 Å². The molecule has 0 bridgehead atoms. The van der Waals surface area contributed by atoms with Crippen molar-refractivity contribution in [3.63, 3.8) is 0 Å². The van der Waals surface area contributed by atoms with Gasteiger partial charge in [0.1, 0.15) is 0 Å². The second-order valence-corrected chi connectivity index (χ2v) is 4.47. The van der Waals surface area contributed by atoms with E-state index in [4.69, 9.17) is 0 Å². The molecule has 0 saturated carbocycles. The molecule has 1 aromatic rings. The van der Waals surface area contributed by atoms with Gasteiger partial charge in [-0.05, 0) is 33.3 Å². The standard InChI is InChI=1S/C14H22N2O3/c1-5-15(6-2)12(17)8-11-13(14(18)19)10(4)9-16(11)7-3/h9H,5-8H2,1-4H3,(H,18,19). The van der Waals surface area contributed by atoms with Crippen LogP contribution in [-0.2, 0) is 17.8 Å². The van der Waals surface area contributed by atoms with Gasteiger partial charge in [0.2, 0.25) is 5.91 Å². The van der Waals surface area contributed by atoms with Crippen molar-refractivity contribution in [2.75, 3.05) is 13.1 Å². The lowest BCUT2D eigenvalue weighted by molar-refractivity contribution is -0.130. The number of nitrogens with zero attached hydrogens (tertiary/aromatic N) is 2. The quantitative estimate of drug-likeness (QED) is 0.855. The molecular weight excluding hydrogens is 244 g/mol. The van der Waals surface area contributed by atoms with Crippen LogP contribution in [0.4, 0.5) is 0 Å². The molecule has 0 aromatic carbocycles. The summed E-state index contributed by atoms with van der Waals surface area (Å²) in [6, 6.07) is 0. The molecule has 0 radical (unpaired) electrons. The molecule has 0 spiro atoms. The van der Waals surface area contributed by atoms with Gasteiger partial charge in [0.25, 0.3) is 0 Å². The number of aromatic carboxylic acids is 1. The predicted molar refractivity (Wildman–Crippen MR) is 73.4 cm³/mol. The second kappa shape index (κ2) is 6.41. The topological polar surface area (TPSA) is 62.5 Å². The van der Waals surface area contributed by atoms with Crippen molar-refractivity contribution in [2.24, 2.45) is 0 Å². The molecule has 0 saturated heterocycles. The van der Waals surface area contributed by atoms with Gasteiger partial charge in [-0.15, -0.1) is 0 Å². The highest BCUT2D eigenvalue weighted by Crippen LogP contribution is 2.18. The van der Waals surface area contributed by atoms with Crippen LogP contribution in [0, 0.1) is 6.92 Å². The maximum atomic E-state index is 12.1. The predicted octanol–water partition coefficient (Wildman–Crippen LogP) is 1.93. The molecule has 1 amide bonds. The zero-order valence-corrected chi connectivity index (χ0v) is 12.1. The summed E-state index contributed by atoms with van der Waals surface area (Å²) >= 11 is 0. The third-order valence-corrected chi connectivity index (χ3v) is 3.37. The van der Waals surface area contributed by atoms with Crippen molar-refractivity contribution in [1.29, 1.82) is 0 Å². The number of aromatic nitrogens is 1. The van der Waals surface area contributed by atoms with Crippen LogP contribution in [0.3, 0.4) is 0 Å². The van der Waals surface area contributed by atoms with Crippen molar-refractivity contribution in [3.8, 4) is 0 Å². The van der Waals surface area contributed by atoms with Crippen molar-refractivity contribution >= 4 is 11.9 Å². The van der Waals surface area contributed by atoms with Gasteiger partial charge < -0.3 is 14.6 Å². The van der Waals surface area contributed by atoms with Crippen LogP contribution < -0.4 is 0 Å². The molecule has 5 heteroatoms.